The molecule has 0 bridgehead atoms. The number of aryl methyl sites for hydroxylation is 3. The summed E-state index contributed by atoms with van der Waals surface area (Å²) in [5, 5.41) is 8.80. The smallest absolute Gasteiger partial charge is 0.270 e. The minimum Gasteiger partial charge on any atom is -0.377 e. The number of rotatable bonds is 17. The van der Waals surface area contributed by atoms with Crippen molar-refractivity contribution in [3.63, 3.8) is 0 Å². The maximum absolute atomic E-state index is 14.2. The predicted molar refractivity (Wildman–Crippen MR) is 169 cm³/mol. The number of sulfonamides is 1. The topological polar surface area (TPSA) is 125 Å². The van der Waals surface area contributed by atoms with E-state index < -0.39 is 10.0 Å². The van der Waals surface area contributed by atoms with Gasteiger partial charge in [-0.2, -0.15) is 5.10 Å². The van der Waals surface area contributed by atoms with Crippen molar-refractivity contribution in [2.45, 2.75) is 91.2 Å². The van der Waals surface area contributed by atoms with E-state index in [0.29, 0.717) is 42.3 Å². The monoisotopic (exact) mass is 624 g/mol. The molecule has 3 aromatic heterocycles. The molecule has 238 valence electrons. The second-order valence-electron chi connectivity index (χ2n) is 10.8. The van der Waals surface area contributed by atoms with Gasteiger partial charge in [-0.05, 0) is 56.9 Å². The zero-order valence-electron chi connectivity index (χ0n) is 26.7. The molecule has 11 nitrogen and oxygen atoms in total. The van der Waals surface area contributed by atoms with Gasteiger partial charge in [0, 0.05) is 43.9 Å². The normalized spacial score (nSPS) is 11.8. The summed E-state index contributed by atoms with van der Waals surface area (Å²) in [6.07, 6.45) is 7.59. The van der Waals surface area contributed by atoms with Gasteiger partial charge in [0.15, 0.2) is 5.82 Å². The van der Waals surface area contributed by atoms with E-state index in [0.717, 1.165) is 65.6 Å². The molecule has 1 aromatic carbocycles. The van der Waals surface area contributed by atoms with E-state index in [9.17, 15) is 8.42 Å². The fourth-order valence-corrected chi connectivity index (χ4v) is 6.43. The van der Waals surface area contributed by atoms with Crippen LogP contribution in [-0.2, 0) is 45.5 Å². The number of anilines is 1. The third kappa shape index (κ3) is 7.54. The van der Waals surface area contributed by atoms with Gasteiger partial charge in [0.1, 0.15) is 17.5 Å². The predicted octanol–water partition coefficient (Wildman–Crippen LogP) is 6.01. The molecule has 0 radical (unpaired) electrons. The first kappa shape index (κ1) is 33.3. The first-order valence-electron chi connectivity index (χ1n) is 15.3. The minimum absolute atomic E-state index is 0.0229. The number of hydrogen-bond acceptors (Lipinski definition) is 9. The van der Waals surface area contributed by atoms with Crippen LogP contribution in [0.4, 0.5) is 5.88 Å². The summed E-state index contributed by atoms with van der Waals surface area (Å²) >= 11 is 0. The van der Waals surface area contributed by atoms with Crippen LogP contribution in [0.1, 0.15) is 80.5 Å². The van der Waals surface area contributed by atoms with Gasteiger partial charge in [-0.3, -0.25) is 4.98 Å². The van der Waals surface area contributed by atoms with E-state index in [1.807, 2.05) is 29.8 Å². The lowest BCUT2D eigenvalue weighted by molar-refractivity contribution is 0.134. The molecular weight excluding hydrogens is 580 g/mol. The third-order valence-corrected chi connectivity index (χ3v) is 9.20. The minimum atomic E-state index is -4.17. The Labute approximate surface area is 260 Å². The Balaban J connectivity index is 1.76. The van der Waals surface area contributed by atoms with E-state index >= 15 is 0 Å². The fourth-order valence-electron chi connectivity index (χ4n) is 4.90. The molecule has 0 aliphatic rings. The molecule has 12 heteroatoms. The van der Waals surface area contributed by atoms with Gasteiger partial charge >= 0.3 is 0 Å². The molecule has 0 unspecified atom stereocenters. The molecule has 0 atom stereocenters. The molecule has 0 aliphatic carbocycles. The zero-order chi connectivity index (χ0) is 31.7. The van der Waals surface area contributed by atoms with E-state index in [2.05, 4.69) is 24.0 Å². The molecule has 0 saturated carbocycles. The highest BCUT2D eigenvalue weighted by molar-refractivity contribution is 7.93. The quantitative estimate of drug-likeness (QED) is 0.130. The Kier molecular flexibility index (Phi) is 11.7. The van der Waals surface area contributed by atoms with E-state index in [1.54, 1.807) is 32.2 Å². The van der Waals surface area contributed by atoms with Crippen molar-refractivity contribution in [3.05, 3.63) is 70.6 Å². The number of nitrogens with zero attached hydrogens (tertiary/aromatic N) is 6. The van der Waals surface area contributed by atoms with Gasteiger partial charge in [0.2, 0.25) is 5.88 Å². The molecule has 0 amide bonds. The molecular formula is C32H44N6O5S. The van der Waals surface area contributed by atoms with Gasteiger partial charge in [-0.1, -0.05) is 50.0 Å². The highest BCUT2D eigenvalue weighted by atomic mass is 32.2. The SMILES string of the molecule is CCCCc1nc(CCCC)n(Cc2ccc(-c3ncccc3S(=O)(=O)N(COC)c3onc(C)c3C)c(COCC)c2)n1. The third-order valence-electron chi connectivity index (χ3n) is 7.46. The summed E-state index contributed by atoms with van der Waals surface area (Å²) in [5.74, 6) is 1.97. The molecule has 0 fully saturated rings. The van der Waals surface area contributed by atoms with Crippen LogP contribution in [-0.4, -0.2) is 53.8 Å². The lowest BCUT2D eigenvalue weighted by Gasteiger charge is -2.23. The first-order chi connectivity index (χ1) is 21.2. The van der Waals surface area contributed by atoms with Gasteiger partial charge in [-0.25, -0.2) is 22.4 Å². The van der Waals surface area contributed by atoms with Crippen LogP contribution in [0.2, 0.25) is 0 Å². The highest BCUT2D eigenvalue weighted by Crippen LogP contribution is 2.34. The molecule has 0 saturated heterocycles. The summed E-state index contributed by atoms with van der Waals surface area (Å²) in [4.78, 5) is 9.43. The lowest BCUT2D eigenvalue weighted by atomic mass is 10.0. The van der Waals surface area contributed by atoms with Crippen molar-refractivity contribution in [3.8, 4) is 11.3 Å². The average Bonchev–Trinajstić information content (AvgIpc) is 3.57. The number of ether oxygens (including phenoxy) is 2. The van der Waals surface area contributed by atoms with Crippen LogP contribution >= 0.6 is 0 Å². The second-order valence-corrected chi connectivity index (χ2v) is 12.6. The average molecular weight is 625 g/mol. The van der Waals surface area contributed by atoms with Crippen LogP contribution in [0.25, 0.3) is 11.3 Å². The van der Waals surface area contributed by atoms with Crippen molar-refractivity contribution in [1.82, 2.24) is 24.9 Å². The van der Waals surface area contributed by atoms with E-state index in [4.69, 9.17) is 24.1 Å². The Morgan fingerprint density at radius 1 is 1.05 bits per heavy atom. The molecule has 3 heterocycles. The van der Waals surface area contributed by atoms with Crippen LogP contribution < -0.4 is 4.31 Å². The summed E-state index contributed by atoms with van der Waals surface area (Å²) in [6.45, 7) is 10.9. The molecule has 0 spiro atoms. The fraction of sp³-hybridized carbons (Fsp3) is 0.500. The highest BCUT2D eigenvalue weighted by Gasteiger charge is 2.33. The van der Waals surface area contributed by atoms with Crippen molar-refractivity contribution in [1.29, 1.82) is 0 Å². The standard InChI is InChI=1S/C32H44N6O5S/c1-7-10-14-29-34-30(15-11-8-2)37(35-29)20-25-16-17-27(26(19-25)21-42-9-3)31-28(13-12-18-33-31)44(39,40)38(22-41-6)32-23(4)24(5)36-43-32/h12-13,16-19H,7-11,14-15,20-22H2,1-6H3. The number of benzene rings is 1. The number of pyridine rings is 1. The Morgan fingerprint density at radius 2 is 1.82 bits per heavy atom. The largest absolute Gasteiger partial charge is 0.377 e. The van der Waals surface area contributed by atoms with Gasteiger partial charge < -0.3 is 14.0 Å². The van der Waals surface area contributed by atoms with E-state index in [1.165, 1.54) is 7.11 Å². The Morgan fingerprint density at radius 3 is 2.50 bits per heavy atom. The van der Waals surface area contributed by atoms with Crippen LogP contribution in [0.5, 0.6) is 0 Å². The molecule has 4 aromatic rings. The van der Waals surface area contributed by atoms with Crippen LogP contribution in [0.3, 0.4) is 0 Å². The number of aromatic nitrogens is 5. The van der Waals surface area contributed by atoms with E-state index in [-0.39, 0.29) is 17.5 Å². The summed E-state index contributed by atoms with van der Waals surface area (Å²) in [7, 11) is -2.74. The van der Waals surface area contributed by atoms with Crippen LogP contribution in [0.15, 0.2) is 45.9 Å². The summed E-state index contributed by atoms with van der Waals surface area (Å²) < 4.78 is 48.0. The molecule has 44 heavy (non-hydrogen) atoms. The maximum atomic E-state index is 14.2. The summed E-state index contributed by atoms with van der Waals surface area (Å²) in [5.41, 5.74) is 4.03. The number of hydrogen-bond donors (Lipinski definition) is 0. The first-order valence-corrected chi connectivity index (χ1v) is 16.7. The molecule has 4 rings (SSSR count). The van der Waals surface area contributed by atoms with Gasteiger partial charge in [-0.15, -0.1) is 0 Å². The Bertz CT molecular complexity index is 1630. The van der Waals surface area contributed by atoms with Crippen molar-refractivity contribution in [2.75, 3.05) is 24.8 Å². The van der Waals surface area contributed by atoms with Crippen LogP contribution in [0, 0.1) is 13.8 Å². The maximum Gasteiger partial charge on any atom is 0.270 e. The van der Waals surface area contributed by atoms with Crippen molar-refractivity contribution in [2.24, 2.45) is 0 Å². The lowest BCUT2D eigenvalue weighted by Crippen LogP contribution is -2.33. The Hall–Kier alpha value is -3.61. The zero-order valence-corrected chi connectivity index (χ0v) is 27.5. The summed E-state index contributed by atoms with van der Waals surface area (Å²) in [6, 6.07) is 9.10. The van der Waals surface area contributed by atoms with Gasteiger partial charge in [0.05, 0.1) is 24.5 Å². The van der Waals surface area contributed by atoms with Crippen molar-refractivity contribution >= 4 is 15.9 Å². The van der Waals surface area contributed by atoms with Gasteiger partial charge in [0.25, 0.3) is 10.0 Å². The molecule has 0 aliphatic heterocycles. The van der Waals surface area contributed by atoms with Crippen molar-refractivity contribution < 1.29 is 22.4 Å². The second kappa shape index (κ2) is 15.4. The number of unbranched alkanes of at least 4 members (excludes halogenated alkanes) is 2. The molecule has 0 N–H and O–H groups in total. The number of methoxy groups -OCH3 is 1.